The molecule has 1 N–H and O–H groups in total. The predicted molar refractivity (Wildman–Crippen MR) is 70.8 cm³/mol. The van der Waals surface area contributed by atoms with Gasteiger partial charge < -0.3 is 5.32 Å². The number of halogens is 1. The van der Waals surface area contributed by atoms with Crippen LogP contribution in [0.5, 0.6) is 0 Å². The fraction of sp³-hybridized carbons (Fsp3) is 0.500. The van der Waals surface area contributed by atoms with Crippen molar-refractivity contribution in [2.24, 2.45) is 0 Å². The fourth-order valence-electron chi connectivity index (χ4n) is 1.31. The average Bonchev–Trinajstić information content (AvgIpc) is 2.63. The van der Waals surface area contributed by atoms with Gasteiger partial charge in [-0.05, 0) is 37.6 Å². The summed E-state index contributed by atoms with van der Waals surface area (Å²) in [6.07, 6.45) is 4.51. The van der Waals surface area contributed by atoms with Crippen molar-refractivity contribution in [2.45, 2.75) is 26.7 Å². The van der Waals surface area contributed by atoms with Gasteiger partial charge in [0.05, 0.1) is 4.34 Å². The Kier molecular flexibility index (Phi) is 5.99. The van der Waals surface area contributed by atoms with Gasteiger partial charge in [-0.3, -0.25) is 0 Å². The van der Waals surface area contributed by atoms with E-state index in [-0.39, 0.29) is 0 Å². The minimum absolute atomic E-state index is 0.859. The second-order valence-corrected chi connectivity index (χ2v) is 5.22. The summed E-state index contributed by atoms with van der Waals surface area (Å²) in [5, 5.41) is 3.42. The molecular weight excluding hydrogens is 226 g/mol. The zero-order valence-electron chi connectivity index (χ0n) is 9.35. The molecule has 0 spiro atoms. The Balaban J connectivity index is 2.53. The summed E-state index contributed by atoms with van der Waals surface area (Å²) in [6.45, 7) is 6.44. The van der Waals surface area contributed by atoms with Crippen LogP contribution in [0.4, 0.5) is 0 Å². The van der Waals surface area contributed by atoms with Gasteiger partial charge in [-0.1, -0.05) is 31.0 Å². The van der Waals surface area contributed by atoms with Crippen LogP contribution in [0, 0.1) is 0 Å². The third-order valence-electron chi connectivity index (χ3n) is 2.17. The summed E-state index contributed by atoms with van der Waals surface area (Å²) in [6, 6.07) is 4.02. The highest BCUT2D eigenvalue weighted by Gasteiger charge is 1.98. The zero-order chi connectivity index (χ0) is 11.1. The van der Waals surface area contributed by atoms with Gasteiger partial charge in [-0.25, -0.2) is 0 Å². The van der Waals surface area contributed by atoms with E-state index in [9.17, 15) is 0 Å². The Bertz CT molecular complexity index is 317. The molecule has 1 aromatic heterocycles. The van der Waals surface area contributed by atoms with Crippen LogP contribution >= 0.6 is 22.9 Å². The molecule has 15 heavy (non-hydrogen) atoms. The van der Waals surface area contributed by atoms with Gasteiger partial charge in [0.1, 0.15) is 0 Å². The monoisotopic (exact) mass is 243 g/mol. The van der Waals surface area contributed by atoms with Crippen LogP contribution in [0.2, 0.25) is 4.34 Å². The van der Waals surface area contributed by atoms with Crippen molar-refractivity contribution in [1.29, 1.82) is 0 Å². The second kappa shape index (κ2) is 7.04. The summed E-state index contributed by atoms with van der Waals surface area (Å²) in [5.74, 6) is 0. The Morgan fingerprint density at radius 2 is 2.27 bits per heavy atom. The number of hydrogen-bond acceptors (Lipinski definition) is 2. The highest BCUT2D eigenvalue weighted by molar-refractivity contribution is 7.17. The quantitative estimate of drug-likeness (QED) is 0.739. The third kappa shape index (κ3) is 4.83. The molecule has 0 amide bonds. The van der Waals surface area contributed by atoms with Gasteiger partial charge >= 0.3 is 0 Å². The maximum absolute atomic E-state index is 5.89. The Morgan fingerprint density at radius 3 is 2.80 bits per heavy atom. The standard InChI is InChI=1S/C12H18ClNS/c1-3-7-14-9-10(4-2)8-11-5-6-12(13)15-11/h5-6,8,14H,3-4,7,9H2,1-2H3. The van der Waals surface area contributed by atoms with Gasteiger partial charge in [-0.15, -0.1) is 11.3 Å². The highest BCUT2D eigenvalue weighted by Crippen LogP contribution is 2.23. The number of hydrogen-bond donors (Lipinski definition) is 1. The topological polar surface area (TPSA) is 12.0 Å². The fourth-order valence-corrected chi connectivity index (χ4v) is 2.36. The number of rotatable bonds is 6. The molecule has 0 fully saturated rings. The zero-order valence-corrected chi connectivity index (χ0v) is 10.9. The molecule has 0 aliphatic rings. The normalized spacial score (nSPS) is 12.1. The van der Waals surface area contributed by atoms with Crippen molar-refractivity contribution in [3.63, 3.8) is 0 Å². The summed E-state index contributed by atoms with van der Waals surface area (Å²) < 4.78 is 0.859. The van der Waals surface area contributed by atoms with Crippen molar-refractivity contribution >= 4 is 29.0 Å². The van der Waals surface area contributed by atoms with Crippen molar-refractivity contribution in [3.8, 4) is 0 Å². The summed E-state index contributed by atoms with van der Waals surface area (Å²) in [5.41, 5.74) is 1.43. The molecule has 3 heteroatoms. The maximum atomic E-state index is 5.89. The SMILES string of the molecule is CCCNCC(=Cc1ccc(Cl)s1)CC. The largest absolute Gasteiger partial charge is 0.313 e. The number of nitrogens with one attached hydrogen (secondary N) is 1. The van der Waals surface area contributed by atoms with Gasteiger partial charge in [0.25, 0.3) is 0 Å². The summed E-state index contributed by atoms with van der Waals surface area (Å²) >= 11 is 7.52. The molecular formula is C12H18ClNS. The van der Waals surface area contributed by atoms with Crippen molar-refractivity contribution in [1.82, 2.24) is 5.32 Å². The lowest BCUT2D eigenvalue weighted by atomic mass is 10.2. The van der Waals surface area contributed by atoms with Crippen LogP contribution in [0.3, 0.4) is 0 Å². The highest BCUT2D eigenvalue weighted by atomic mass is 35.5. The van der Waals surface area contributed by atoms with E-state index in [4.69, 9.17) is 11.6 Å². The van der Waals surface area contributed by atoms with Crippen LogP contribution in [0.1, 0.15) is 31.6 Å². The average molecular weight is 244 g/mol. The van der Waals surface area contributed by atoms with E-state index in [2.05, 4.69) is 31.3 Å². The van der Waals surface area contributed by atoms with E-state index >= 15 is 0 Å². The smallest absolute Gasteiger partial charge is 0.0934 e. The van der Waals surface area contributed by atoms with Crippen molar-refractivity contribution in [3.05, 3.63) is 26.9 Å². The van der Waals surface area contributed by atoms with Crippen LogP contribution in [-0.4, -0.2) is 13.1 Å². The Labute approximate surface area is 101 Å². The third-order valence-corrected chi connectivity index (χ3v) is 3.35. The molecule has 1 rings (SSSR count). The molecule has 1 nitrogen and oxygen atoms in total. The van der Waals surface area contributed by atoms with Crippen molar-refractivity contribution < 1.29 is 0 Å². The molecule has 0 atom stereocenters. The molecule has 0 aliphatic carbocycles. The molecule has 0 saturated heterocycles. The summed E-state index contributed by atoms with van der Waals surface area (Å²) in [4.78, 5) is 1.25. The minimum atomic E-state index is 0.859. The van der Waals surface area contributed by atoms with E-state index in [0.717, 1.165) is 23.8 Å². The van der Waals surface area contributed by atoms with Crippen LogP contribution < -0.4 is 5.32 Å². The molecule has 1 heterocycles. The van der Waals surface area contributed by atoms with E-state index in [1.807, 2.05) is 6.07 Å². The van der Waals surface area contributed by atoms with E-state index in [1.54, 1.807) is 11.3 Å². The number of thiophene rings is 1. The minimum Gasteiger partial charge on any atom is -0.313 e. The molecule has 0 radical (unpaired) electrons. The van der Waals surface area contributed by atoms with Gasteiger partial charge in [-0.2, -0.15) is 0 Å². The van der Waals surface area contributed by atoms with Crippen LogP contribution in [0.25, 0.3) is 6.08 Å². The van der Waals surface area contributed by atoms with E-state index in [1.165, 1.54) is 16.9 Å². The van der Waals surface area contributed by atoms with E-state index < -0.39 is 0 Å². The molecule has 0 unspecified atom stereocenters. The van der Waals surface area contributed by atoms with Gasteiger partial charge in [0.2, 0.25) is 0 Å². The van der Waals surface area contributed by atoms with E-state index in [0.29, 0.717) is 0 Å². The molecule has 0 aromatic carbocycles. The molecule has 1 aromatic rings. The van der Waals surface area contributed by atoms with Gasteiger partial charge in [0.15, 0.2) is 0 Å². The van der Waals surface area contributed by atoms with Gasteiger partial charge in [0, 0.05) is 11.4 Å². The lowest BCUT2D eigenvalue weighted by Crippen LogP contribution is -2.17. The first-order valence-corrected chi connectivity index (χ1v) is 6.61. The van der Waals surface area contributed by atoms with Crippen LogP contribution in [0.15, 0.2) is 17.7 Å². The Morgan fingerprint density at radius 1 is 1.47 bits per heavy atom. The Hall–Kier alpha value is -0.310. The lowest BCUT2D eigenvalue weighted by molar-refractivity contribution is 0.706. The first-order valence-electron chi connectivity index (χ1n) is 5.41. The second-order valence-electron chi connectivity index (χ2n) is 3.47. The lowest BCUT2D eigenvalue weighted by Gasteiger charge is -2.05. The molecule has 0 aliphatic heterocycles. The van der Waals surface area contributed by atoms with Crippen LogP contribution in [-0.2, 0) is 0 Å². The molecule has 0 saturated carbocycles. The first kappa shape index (κ1) is 12.8. The maximum Gasteiger partial charge on any atom is 0.0934 e. The first-order chi connectivity index (χ1) is 7.26. The molecule has 84 valence electrons. The molecule has 0 bridgehead atoms. The predicted octanol–water partition coefficient (Wildman–Crippen LogP) is 4.19. The van der Waals surface area contributed by atoms with Crippen molar-refractivity contribution in [2.75, 3.05) is 13.1 Å². The summed E-state index contributed by atoms with van der Waals surface area (Å²) in [7, 11) is 0.